The number of hydrogen-bond acceptors (Lipinski definition) is 3. The van der Waals surface area contributed by atoms with Crippen molar-refractivity contribution in [1.82, 2.24) is 0 Å². The van der Waals surface area contributed by atoms with Crippen molar-refractivity contribution in [2.24, 2.45) is 10.4 Å². The Morgan fingerprint density at radius 2 is 1.11 bits per heavy atom. The molecule has 0 bridgehead atoms. The van der Waals surface area contributed by atoms with Crippen LogP contribution in [0.4, 0.5) is 24.5 Å². The average molecular weight is 689 g/mol. The summed E-state index contributed by atoms with van der Waals surface area (Å²) in [5, 5.41) is 5.08. The molecule has 0 aliphatic heterocycles. The third-order valence-corrected chi connectivity index (χ3v) is 8.15. The number of para-hydroxylation sites is 2. The first-order chi connectivity index (χ1) is 20.3. The molecule has 2 rings (SSSR count). The molecule has 0 aliphatic carbocycles. The van der Waals surface area contributed by atoms with Crippen LogP contribution < -0.4 is 0 Å². The van der Waals surface area contributed by atoms with E-state index in [1.54, 1.807) is 0 Å². The normalized spacial score (nSPS) is 13.0. The van der Waals surface area contributed by atoms with E-state index in [0.29, 0.717) is 29.1 Å². The summed E-state index contributed by atoms with van der Waals surface area (Å²) in [5.41, 5.74) is 4.31. The van der Waals surface area contributed by atoms with Crippen molar-refractivity contribution < 1.29 is 43.1 Å². The van der Waals surface area contributed by atoms with Crippen molar-refractivity contribution in [3.63, 3.8) is 0 Å². The van der Waals surface area contributed by atoms with E-state index in [9.17, 15) is 13.2 Å². The van der Waals surface area contributed by atoms with E-state index in [-0.39, 0.29) is 0 Å². The largest absolute Gasteiger partial charge is 0.522 e. The molecule has 0 aromatic heterocycles. The fourth-order valence-corrected chi connectivity index (χ4v) is 4.00. The van der Waals surface area contributed by atoms with E-state index in [1.807, 2.05) is 0 Å². The van der Waals surface area contributed by atoms with Crippen LogP contribution in [0.2, 0.25) is 0 Å². The zero-order valence-electron chi connectivity index (χ0n) is 29.1. The predicted octanol–water partition coefficient (Wildman–Crippen LogP) is 11.7. The monoisotopic (exact) mass is 688 g/mol. The van der Waals surface area contributed by atoms with Crippen LogP contribution in [0.25, 0.3) is 5.32 Å². The molecule has 2 aromatic rings. The number of aliphatic imine (C=N–C) groups is 1. The van der Waals surface area contributed by atoms with Gasteiger partial charge in [0.05, 0.1) is 5.69 Å². The minimum atomic E-state index is -5.84. The third kappa shape index (κ3) is 15.3. The summed E-state index contributed by atoms with van der Waals surface area (Å²) in [5.74, 6) is 1.75. The van der Waals surface area contributed by atoms with E-state index in [0.717, 1.165) is 22.8 Å². The summed E-state index contributed by atoms with van der Waals surface area (Å²) >= 11 is 2.47. The molecule has 0 spiro atoms. The Balaban J connectivity index is 0.00000115. The van der Waals surface area contributed by atoms with Crippen LogP contribution in [0.1, 0.15) is 136 Å². The van der Waals surface area contributed by atoms with Gasteiger partial charge in [-0.25, -0.2) is 0 Å². The first-order valence-electron chi connectivity index (χ1n) is 15.1. The van der Waals surface area contributed by atoms with Gasteiger partial charge in [-0.3, -0.25) is 9.55 Å². The first kappa shape index (κ1) is 42.8. The van der Waals surface area contributed by atoms with Gasteiger partial charge in [0.15, 0.2) is 0 Å². The molecular formula is C35H52F3N2O3SV-. The Morgan fingerprint density at radius 1 is 0.800 bits per heavy atom. The Bertz CT molecular complexity index is 1370. The molecule has 1 N–H and O–H groups in total. The van der Waals surface area contributed by atoms with E-state index in [2.05, 4.69) is 154 Å². The van der Waals surface area contributed by atoms with Crippen molar-refractivity contribution >= 4 is 31.9 Å². The number of nitrogens with zero attached hydrogens (tertiary/aromatic N) is 2. The van der Waals surface area contributed by atoms with Gasteiger partial charge in [-0.1, -0.05) is 116 Å². The molecule has 2 aromatic carbocycles. The molecule has 0 aliphatic rings. The fourth-order valence-electron chi connectivity index (χ4n) is 4.00. The molecule has 0 fully saturated rings. The van der Waals surface area contributed by atoms with Gasteiger partial charge in [-0.15, -0.1) is 5.69 Å². The second-order valence-electron chi connectivity index (χ2n) is 13.3. The van der Waals surface area contributed by atoms with Crippen LogP contribution in [0.3, 0.4) is 0 Å². The minimum Gasteiger partial charge on any atom is -0.279 e. The van der Waals surface area contributed by atoms with Gasteiger partial charge in [-0.2, -0.15) is 27.3 Å². The summed E-state index contributed by atoms with van der Waals surface area (Å²) in [7, 11) is -5.84. The number of rotatable bonds is 8. The van der Waals surface area contributed by atoms with Gasteiger partial charge in [-0.05, 0) is 41.7 Å². The van der Waals surface area contributed by atoms with Gasteiger partial charge < -0.3 is 5.32 Å². The van der Waals surface area contributed by atoms with Crippen molar-refractivity contribution in [2.45, 2.75) is 119 Å². The summed E-state index contributed by atoms with van der Waals surface area (Å²) in [4.78, 5) is 5.08. The summed E-state index contributed by atoms with van der Waals surface area (Å²) in [6.45, 7) is 28.6. The SMILES string of the molecule is CC(/C=C(/C)[N-]c1c(C(C)C)cccc1C(C)C)=Nc1c(C(C)C)cccc1C(C)C.CC(C)(C)[CH]=[V].O=S(=O)(O)C(F)(F)F. The third-order valence-electron chi connectivity index (χ3n) is 6.36. The molecule has 0 atom stereocenters. The maximum atomic E-state index is 10.7. The van der Waals surface area contributed by atoms with Crippen LogP contribution in [0, 0.1) is 5.41 Å². The molecule has 0 saturated heterocycles. The summed E-state index contributed by atoms with van der Waals surface area (Å²) < 4.78 is 59.7. The Morgan fingerprint density at radius 3 is 1.38 bits per heavy atom. The standard InChI is InChI=1S/C29H41N2.C5H10.CHF3O3S.V/c1-18(2)24-13-11-14-25(19(3)4)28(24)30-22(9)17-23(10)31-29-26(20(5)6)15-12-16-27(29)21(7)8;1-5(2,3)4;2-1(3,4)8(5,6)7;/h11-21H,1-10H3;1H,2-4H3;(H,5,6,7);/q-1;;;/b22-17-,31-23?;;;. The molecule has 253 valence electrons. The number of allylic oxidation sites excluding steroid dienone is 2. The maximum Gasteiger partial charge on any atom is 0.522 e. The zero-order chi connectivity index (χ0) is 35.5. The molecular weight excluding hydrogens is 636 g/mol. The van der Waals surface area contributed by atoms with Crippen LogP contribution in [-0.2, 0) is 27.1 Å². The summed E-state index contributed by atoms with van der Waals surface area (Å²) in [6.07, 6.45) is 2.11. The maximum absolute atomic E-state index is 10.7. The van der Waals surface area contributed by atoms with E-state index in [4.69, 9.17) is 23.3 Å². The Kier molecular flexibility index (Phi) is 17.3. The Labute approximate surface area is 279 Å². The predicted molar refractivity (Wildman–Crippen MR) is 182 cm³/mol. The number of benzene rings is 2. The van der Waals surface area contributed by atoms with Gasteiger partial charge >= 0.3 is 63.5 Å². The molecule has 0 amide bonds. The Hall–Kier alpha value is -2.20. The van der Waals surface area contributed by atoms with Crippen LogP contribution in [0.15, 0.2) is 53.2 Å². The van der Waals surface area contributed by atoms with Gasteiger partial charge in [0.2, 0.25) is 0 Å². The molecule has 10 heteroatoms. The van der Waals surface area contributed by atoms with Gasteiger partial charge in [0.1, 0.15) is 0 Å². The second kappa shape index (κ2) is 18.2. The molecule has 0 heterocycles. The van der Waals surface area contributed by atoms with Crippen molar-refractivity contribution in [2.75, 3.05) is 0 Å². The van der Waals surface area contributed by atoms with Crippen LogP contribution in [-0.4, -0.2) is 28.9 Å². The number of halogens is 3. The molecule has 0 radical (unpaired) electrons. The van der Waals surface area contributed by atoms with Gasteiger partial charge in [0.25, 0.3) is 0 Å². The molecule has 0 saturated carbocycles. The quantitative estimate of drug-likeness (QED) is 0.170. The topological polar surface area (TPSA) is 80.8 Å². The zero-order valence-corrected chi connectivity index (χ0v) is 31.3. The summed E-state index contributed by atoms with van der Waals surface area (Å²) in [6, 6.07) is 13.1. The van der Waals surface area contributed by atoms with E-state index >= 15 is 0 Å². The fraction of sp³-hybridized carbons (Fsp3) is 0.543. The second-order valence-corrected chi connectivity index (χ2v) is 15.1. The first-order valence-corrected chi connectivity index (χ1v) is 17.3. The molecule has 0 unspecified atom stereocenters. The molecule has 45 heavy (non-hydrogen) atoms. The van der Waals surface area contributed by atoms with E-state index < -0.39 is 15.6 Å². The van der Waals surface area contributed by atoms with Crippen molar-refractivity contribution in [3.8, 4) is 0 Å². The van der Waals surface area contributed by atoms with Crippen molar-refractivity contribution in [1.29, 1.82) is 0 Å². The number of hydrogen-bond donors (Lipinski definition) is 1. The number of alkyl halides is 3. The van der Waals surface area contributed by atoms with Crippen molar-refractivity contribution in [3.05, 3.63) is 75.7 Å². The average Bonchev–Trinajstić information content (AvgIpc) is 2.87. The molecule has 5 nitrogen and oxygen atoms in total. The van der Waals surface area contributed by atoms with E-state index in [1.165, 1.54) is 22.3 Å². The van der Waals surface area contributed by atoms with Gasteiger partial charge in [0, 0.05) is 5.71 Å². The van der Waals surface area contributed by atoms with Crippen LogP contribution in [0.5, 0.6) is 0 Å². The smallest absolute Gasteiger partial charge is 0.279 e. The minimum absolute atomic E-state index is 0.389. The van der Waals surface area contributed by atoms with Crippen LogP contribution >= 0.6 is 0 Å².